The van der Waals surface area contributed by atoms with E-state index >= 15 is 0 Å². The first-order valence-corrected chi connectivity index (χ1v) is 25.7. The number of sulfonamides is 2. The van der Waals surface area contributed by atoms with Crippen molar-refractivity contribution in [1.82, 2.24) is 8.61 Å². The van der Waals surface area contributed by atoms with Gasteiger partial charge >= 0.3 is 0 Å². The molecular weight excluding hydrogens is 977 g/mol. The van der Waals surface area contributed by atoms with Crippen molar-refractivity contribution in [3.05, 3.63) is 95.1 Å². The van der Waals surface area contributed by atoms with E-state index in [9.17, 15) is 52.4 Å². The molecule has 2 amide bonds. The Morgan fingerprint density at radius 3 is 1.09 bits per heavy atom. The maximum Gasteiger partial charge on any atom is 0.295 e. The summed E-state index contributed by atoms with van der Waals surface area (Å²) < 4.78 is 159. The quantitative estimate of drug-likeness (QED) is 0.0517. The number of amides is 2. The van der Waals surface area contributed by atoms with Crippen LogP contribution in [0.5, 0.6) is 11.5 Å². The second kappa shape index (κ2) is 24.3. The Bertz CT molecular complexity index is 2720. The number of hydrogen-bond acceptors (Lipinski definition) is 16. The Kier molecular flexibility index (Phi) is 19.7. The highest BCUT2D eigenvalue weighted by Crippen LogP contribution is 2.32. The van der Waals surface area contributed by atoms with Crippen LogP contribution in [0, 0.1) is 0 Å². The molecule has 0 unspecified atom stereocenters. The third kappa shape index (κ3) is 14.1. The second-order valence-corrected chi connectivity index (χ2v) is 20.8. The molecular formula is C42H52N4O18S4. The van der Waals surface area contributed by atoms with Crippen LogP contribution in [0.25, 0.3) is 12.2 Å². The van der Waals surface area contributed by atoms with Crippen molar-refractivity contribution in [2.75, 3.05) is 106 Å². The predicted octanol–water partition coefficient (Wildman–Crippen LogP) is 3.44. The molecule has 0 heterocycles. The van der Waals surface area contributed by atoms with E-state index in [1.54, 1.807) is 0 Å². The number of carbonyl (C=O) groups excluding carboxylic acids is 2. The minimum absolute atomic E-state index is 0.0439. The minimum Gasteiger partial charge on any atom is -0.495 e. The van der Waals surface area contributed by atoms with Gasteiger partial charge in [-0.05, 0) is 71.8 Å². The molecule has 22 nitrogen and oxygen atoms in total. The number of ether oxygens (including phenoxy) is 6. The highest BCUT2D eigenvalue weighted by atomic mass is 32.2. The fourth-order valence-electron chi connectivity index (χ4n) is 6.33. The summed E-state index contributed by atoms with van der Waals surface area (Å²) in [6, 6.07) is 13.9. The third-order valence-corrected chi connectivity index (χ3v) is 15.5. The van der Waals surface area contributed by atoms with Crippen LogP contribution >= 0.6 is 0 Å². The van der Waals surface area contributed by atoms with E-state index in [0.29, 0.717) is 0 Å². The summed E-state index contributed by atoms with van der Waals surface area (Å²) in [5.41, 5.74) is -1.06. The fourth-order valence-corrected chi connectivity index (χ4v) is 10.9. The first-order valence-electron chi connectivity index (χ1n) is 19.9. The van der Waals surface area contributed by atoms with Gasteiger partial charge in [0, 0.05) is 77.1 Å². The normalized spacial score (nSPS) is 12.4. The lowest BCUT2D eigenvalue weighted by Gasteiger charge is -2.23. The molecule has 0 spiro atoms. The average Bonchev–Trinajstić information content (AvgIpc) is 3.30. The molecule has 68 heavy (non-hydrogen) atoms. The number of hydrogen-bond donors (Lipinski definition) is 4. The number of methoxy groups -OCH3 is 6. The lowest BCUT2D eigenvalue weighted by molar-refractivity contribution is 0.101. The van der Waals surface area contributed by atoms with Crippen molar-refractivity contribution >= 4 is 75.6 Å². The smallest absolute Gasteiger partial charge is 0.295 e. The van der Waals surface area contributed by atoms with Gasteiger partial charge in [0.05, 0.1) is 40.6 Å². The molecule has 0 radical (unpaired) electrons. The van der Waals surface area contributed by atoms with Gasteiger partial charge in [0.15, 0.2) is 0 Å². The standard InChI is InChI=1S/C42H52N4O18S4/c1-59-21-17-45(18-22-60-2)65(49,50)39-25-31(11-15-35(39)63-5)41(47)43-33-13-9-29(37(27-33)67(53,54)55)7-8-30-10-14-34(28-38(30)68(56,57)58)44-42(48)32-12-16-36(64-6)40(26-32)66(51,52)46(19-23-61-3)20-24-62-4/h7-16,25-28H,17-24H2,1-6H3,(H,43,47)(H,44,48)(H,53,54,55)(H,56,57,58)/b8-7+. The molecule has 4 aromatic carbocycles. The maximum absolute atomic E-state index is 13.7. The Labute approximate surface area is 395 Å². The lowest BCUT2D eigenvalue weighted by Crippen LogP contribution is -2.36. The van der Waals surface area contributed by atoms with E-state index in [2.05, 4.69) is 10.6 Å². The molecule has 4 N–H and O–H groups in total. The zero-order valence-electron chi connectivity index (χ0n) is 37.7. The Hall–Kier alpha value is -5.36. The van der Waals surface area contributed by atoms with Gasteiger partial charge in [0.2, 0.25) is 20.0 Å². The van der Waals surface area contributed by atoms with Crippen LogP contribution in [0.1, 0.15) is 31.8 Å². The van der Waals surface area contributed by atoms with E-state index in [1.807, 2.05) is 0 Å². The van der Waals surface area contributed by atoms with Crippen LogP contribution < -0.4 is 20.1 Å². The molecule has 0 atom stereocenters. The number of anilines is 2. The molecule has 0 bridgehead atoms. The predicted molar refractivity (Wildman–Crippen MR) is 248 cm³/mol. The van der Waals surface area contributed by atoms with Crippen LogP contribution in [0.3, 0.4) is 0 Å². The minimum atomic E-state index is -5.04. The van der Waals surface area contributed by atoms with Gasteiger partial charge in [-0.15, -0.1) is 0 Å². The van der Waals surface area contributed by atoms with E-state index in [1.165, 1.54) is 91.2 Å². The third-order valence-electron chi connectivity index (χ3n) is 9.81. The van der Waals surface area contributed by atoms with Gasteiger partial charge in [-0.2, -0.15) is 25.4 Å². The van der Waals surface area contributed by atoms with Gasteiger partial charge in [0.25, 0.3) is 32.1 Å². The van der Waals surface area contributed by atoms with E-state index in [-0.39, 0.29) is 108 Å². The Balaban J connectivity index is 1.64. The fraction of sp³-hybridized carbons (Fsp3) is 0.333. The molecule has 0 fully saturated rings. The Morgan fingerprint density at radius 1 is 0.485 bits per heavy atom. The van der Waals surface area contributed by atoms with E-state index in [4.69, 9.17) is 28.4 Å². The maximum atomic E-state index is 13.7. The van der Waals surface area contributed by atoms with Crippen molar-refractivity contribution in [1.29, 1.82) is 0 Å². The topological polar surface area (TPSA) is 297 Å². The molecule has 0 aliphatic carbocycles. The number of nitrogens with one attached hydrogen (secondary N) is 2. The molecule has 4 rings (SSSR count). The monoisotopic (exact) mass is 1030 g/mol. The summed E-state index contributed by atoms with van der Waals surface area (Å²) in [6.45, 7) is 0.0421. The molecule has 0 saturated carbocycles. The summed E-state index contributed by atoms with van der Waals surface area (Å²) in [6.07, 6.45) is 2.19. The molecule has 0 aromatic heterocycles. The SMILES string of the molecule is COCCN(CCOC)S(=O)(=O)c1cc(C(=O)Nc2ccc(/C=C/c3ccc(NC(=O)c4ccc(OC)c(S(=O)(=O)N(CCOC)CCOC)c4)cc3S(=O)(=O)O)c(S(=O)(=O)O)c2)ccc1OC. The van der Waals surface area contributed by atoms with Crippen LogP contribution in [0.2, 0.25) is 0 Å². The van der Waals surface area contributed by atoms with Crippen molar-refractivity contribution in [2.45, 2.75) is 19.6 Å². The van der Waals surface area contributed by atoms with Gasteiger partial charge in [-0.3, -0.25) is 18.7 Å². The van der Waals surface area contributed by atoms with Gasteiger partial charge in [-0.1, -0.05) is 24.3 Å². The van der Waals surface area contributed by atoms with Crippen molar-refractivity contribution in [2.24, 2.45) is 0 Å². The molecule has 0 aliphatic heterocycles. The first kappa shape index (κ1) is 55.2. The second-order valence-electron chi connectivity index (χ2n) is 14.2. The Morgan fingerprint density at radius 2 is 0.809 bits per heavy atom. The van der Waals surface area contributed by atoms with E-state index in [0.717, 1.165) is 45.0 Å². The van der Waals surface area contributed by atoms with Crippen molar-refractivity contribution < 1.29 is 80.8 Å². The molecule has 372 valence electrons. The lowest BCUT2D eigenvalue weighted by atomic mass is 10.1. The van der Waals surface area contributed by atoms with Crippen LogP contribution in [0.4, 0.5) is 11.4 Å². The highest BCUT2D eigenvalue weighted by Gasteiger charge is 2.31. The molecule has 26 heteroatoms. The van der Waals surface area contributed by atoms with Gasteiger partial charge in [-0.25, -0.2) is 16.8 Å². The molecule has 4 aromatic rings. The van der Waals surface area contributed by atoms with Crippen molar-refractivity contribution in [3.8, 4) is 11.5 Å². The van der Waals surface area contributed by atoms with Gasteiger partial charge in [0.1, 0.15) is 31.1 Å². The number of benzene rings is 4. The van der Waals surface area contributed by atoms with Crippen LogP contribution in [-0.2, 0) is 59.2 Å². The summed E-state index contributed by atoms with van der Waals surface area (Å²) in [5.74, 6) is -1.89. The summed E-state index contributed by atoms with van der Waals surface area (Å²) in [5, 5.41) is 4.92. The largest absolute Gasteiger partial charge is 0.495 e. The zero-order valence-corrected chi connectivity index (χ0v) is 41.0. The zero-order chi connectivity index (χ0) is 50.5. The molecule has 0 saturated heterocycles. The van der Waals surface area contributed by atoms with Crippen molar-refractivity contribution in [3.63, 3.8) is 0 Å². The number of carbonyl (C=O) groups is 2. The summed E-state index contributed by atoms with van der Waals surface area (Å²) >= 11 is 0. The van der Waals surface area contributed by atoms with E-state index < -0.39 is 61.9 Å². The van der Waals surface area contributed by atoms with Crippen LogP contribution in [-0.4, -0.2) is 158 Å². The highest BCUT2D eigenvalue weighted by molar-refractivity contribution is 7.89. The first-order chi connectivity index (χ1) is 32.1. The summed E-state index contributed by atoms with van der Waals surface area (Å²) in [7, 11) is -10.5. The molecule has 0 aliphatic rings. The summed E-state index contributed by atoms with van der Waals surface area (Å²) in [4.78, 5) is 24.8. The van der Waals surface area contributed by atoms with Gasteiger partial charge < -0.3 is 39.1 Å². The average molecular weight is 1030 g/mol. The number of rotatable bonds is 26. The van der Waals surface area contributed by atoms with Crippen LogP contribution in [0.15, 0.2) is 92.4 Å². The number of nitrogens with zero attached hydrogens (tertiary/aromatic N) is 2.